The van der Waals surface area contributed by atoms with Crippen LogP contribution in [0.15, 0.2) is 18.2 Å². The van der Waals surface area contributed by atoms with E-state index in [0.717, 1.165) is 17.8 Å². The molecular weight excluding hydrogens is 264 g/mol. The summed E-state index contributed by atoms with van der Waals surface area (Å²) in [5, 5.41) is 4.08. The van der Waals surface area contributed by atoms with Crippen molar-refractivity contribution in [1.29, 1.82) is 0 Å². The fourth-order valence-electron chi connectivity index (χ4n) is 1.21. The molecule has 0 aromatic heterocycles. The van der Waals surface area contributed by atoms with Crippen LogP contribution in [0.4, 0.5) is 8.78 Å². The third kappa shape index (κ3) is 4.26. The summed E-state index contributed by atoms with van der Waals surface area (Å²) in [6, 6.07) is 3.97. The zero-order chi connectivity index (χ0) is 11.3. The molecule has 0 aliphatic carbocycles. The number of benzene rings is 1. The summed E-state index contributed by atoms with van der Waals surface area (Å²) in [5.74, 6) is -1.03. The van der Waals surface area contributed by atoms with Gasteiger partial charge in [0.25, 0.3) is 0 Å². The van der Waals surface area contributed by atoms with Crippen LogP contribution >= 0.6 is 15.9 Å². The van der Waals surface area contributed by atoms with Crippen molar-refractivity contribution in [3.8, 4) is 0 Å². The molecule has 1 unspecified atom stereocenters. The van der Waals surface area contributed by atoms with E-state index in [1.54, 1.807) is 0 Å². The largest absolute Gasteiger partial charge is 0.310 e. The highest BCUT2D eigenvalue weighted by Gasteiger charge is 2.05. The van der Waals surface area contributed by atoms with E-state index in [2.05, 4.69) is 21.2 Å². The Labute approximate surface area is 97.0 Å². The van der Waals surface area contributed by atoms with Crippen LogP contribution < -0.4 is 5.32 Å². The first-order chi connectivity index (χ1) is 7.13. The number of rotatable bonds is 5. The van der Waals surface area contributed by atoms with Gasteiger partial charge in [-0.05, 0) is 19.4 Å². The highest BCUT2D eigenvalue weighted by atomic mass is 79.9. The van der Waals surface area contributed by atoms with Crippen molar-refractivity contribution >= 4 is 15.9 Å². The molecule has 0 aliphatic heterocycles. The Hall–Kier alpha value is -0.480. The van der Waals surface area contributed by atoms with Gasteiger partial charge in [0, 0.05) is 29.5 Å². The second kappa shape index (κ2) is 6.18. The lowest BCUT2D eigenvalue weighted by molar-refractivity contribution is 0.515. The molecule has 0 fully saturated rings. The van der Waals surface area contributed by atoms with Crippen LogP contribution in [0.2, 0.25) is 0 Å². The molecule has 0 saturated carbocycles. The van der Waals surface area contributed by atoms with Crippen LogP contribution in [-0.2, 0) is 6.54 Å². The molecule has 1 nitrogen and oxygen atoms in total. The van der Waals surface area contributed by atoms with Gasteiger partial charge in [-0.2, -0.15) is 0 Å². The summed E-state index contributed by atoms with van der Waals surface area (Å²) in [7, 11) is 0. The van der Waals surface area contributed by atoms with Crippen molar-refractivity contribution in [3.05, 3.63) is 35.4 Å². The number of halogens is 3. The molecule has 84 valence electrons. The maximum absolute atomic E-state index is 13.2. The Kier molecular flexibility index (Phi) is 5.19. The summed E-state index contributed by atoms with van der Waals surface area (Å²) in [6.45, 7) is 2.46. The number of nitrogens with one attached hydrogen (secondary N) is 1. The van der Waals surface area contributed by atoms with Crippen LogP contribution in [0, 0.1) is 11.6 Å². The van der Waals surface area contributed by atoms with E-state index in [1.807, 2.05) is 6.92 Å². The smallest absolute Gasteiger partial charge is 0.130 e. The van der Waals surface area contributed by atoms with Crippen LogP contribution in [0.25, 0.3) is 0 Å². The van der Waals surface area contributed by atoms with Gasteiger partial charge in [-0.15, -0.1) is 0 Å². The van der Waals surface area contributed by atoms with Gasteiger partial charge in [0.15, 0.2) is 0 Å². The van der Waals surface area contributed by atoms with Crippen LogP contribution in [0.3, 0.4) is 0 Å². The van der Waals surface area contributed by atoms with E-state index < -0.39 is 11.6 Å². The maximum atomic E-state index is 13.2. The lowest BCUT2D eigenvalue weighted by atomic mass is 10.2. The highest BCUT2D eigenvalue weighted by Crippen LogP contribution is 2.09. The van der Waals surface area contributed by atoms with Gasteiger partial charge in [0.2, 0.25) is 0 Å². The molecule has 15 heavy (non-hydrogen) atoms. The van der Waals surface area contributed by atoms with Crippen molar-refractivity contribution in [2.75, 3.05) is 5.33 Å². The average Bonchev–Trinajstić information content (AvgIpc) is 2.17. The Morgan fingerprint density at radius 1 is 1.40 bits per heavy atom. The first-order valence-electron chi connectivity index (χ1n) is 4.86. The molecule has 0 amide bonds. The van der Waals surface area contributed by atoms with Crippen LogP contribution in [0.1, 0.15) is 18.9 Å². The molecule has 4 heteroatoms. The molecule has 1 rings (SSSR count). The molecule has 0 radical (unpaired) electrons. The molecular formula is C11H14BrF2N. The molecule has 1 aromatic carbocycles. The third-order valence-corrected chi connectivity index (χ3v) is 2.66. The van der Waals surface area contributed by atoms with Gasteiger partial charge in [-0.3, -0.25) is 0 Å². The SMILES string of the molecule is CC(CCBr)NCc1ccc(F)cc1F. The molecule has 0 heterocycles. The lowest BCUT2D eigenvalue weighted by Gasteiger charge is -2.12. The van der Waals surface area contributed by atoms with Crippen molar-refractivity contribution in [3.63, 3.8) is 0 Å². The first kappa shape index (κ1) is 12.6. The summed E-state index contributed by atoms with van der Waals surface area (Å²) in [5.41, 5.74) is 0.498. The first-order valence-corrected chi connectivity index (χ1v) is 5.99. The second-order valence-corrected chi connectivity index (χ2v) is 4.29. The molecule has 0 spiro atoms. The van der Waals surface area contributed by atoms with E-state index in [4.69, 9.17) is 0 Å². The van der Waals surface area contributed by atoms with Gasteiger partial charge in [-0.1, -0.05) is 22.0 Å². The monoisotopic (exact) mass is 277 g/mol. The lowest BCUT2D eigenvalue weighted by Crippen LogP contribution is -2.26. The fourth-order valence-corrected chi connectivity index (χ4v) is 1.90. The van der Waals surface area contributed by atoms with E-state index in [-0.39, 0.29) is 0 Å². The van der Waals surface area contributed by atoms with Gasteiger partial charge in [0.05, 0.1) is 0 Å². The average molecular weight is 278 g/mol. The summed E-state index contributed by atoms with van der Waals surface area (Å²) < 4.78 is 25.8. The second-order valence-electron chi connectivity index (χ2n) is 3.50. The van der Waals surface area contributed by atoms with Crippen LogP contribution in [0.5, 0.6) is 0 Å². The summed E-state index contributed by atoms with van der Waals surface area (Å²) >= 11 is 3.34. The Morgan fingerprint density at radius 2 is 2.13 bits per heavy atom. The predicted octanol–water partition coefficient (Wildman–Crippen LogP) is 3.23. The molecule has 0 saturated heterocycles. The minimum Gasteiger partial charge on any atom is -0.310 e. The minimum absolute atomic E-state index is 0.314. The van der Waals surface area contributed by atoms with Crippen molar-refractivity contribution in [2.45, 2.75) is 25.9 Å². The fraction of sp³-hybridized carbons (Fsp3) is 0.455. The molecule has 0 bridgehead atoms. The predicted molar refractivity (Wildman–Crippen MR) is 61.1 cm³/mol. The zero-order valence-corrected chi connectivity index (χ0v) is 10.2. The quantitative estimate of drug-likeness (QED) is 0.815. The minimum atomic E-state index is -0.537. The van der Waals surface area contributed by atoms with E-state index in [9.17, 15) is 8.78 Å². The molecule has 0 aliphatic rings. The highest BCUT2D eigenvalue weighted by molar-refractivity contribution is 9.09. The Morgan fingerprint density at radius 3 is 2.73 bits per heavy atom. The van der Waals surface area contributed by atoms with E-state index in [1.165, 1.54) is 12.1 Å². The molecule has 1 atom stereocenters. The van der Waals surface area contributed by atoms with Crippen molar-refractivity contribution in [1.82, 2.24) is 5.32 Å². The number of alkyl halides is 1. The van der Waals surface area contributed by atoms with Crippen LogP contribution in [-0.4, -0.2) is 11.4 Å². The summed E-state index contributed by atoms with van der Waals surface area (Å²) in [6.07, 6.45) is 0.975. The topological polar surface area (TPSA) is 12.0 Å². The summed E-state index contributed by atoms with van der Waals surface area (Å²) in [4.78, 5) is 0. The number of hydrogen-bond acceptors (Lipinski definition) is 1. The van der Waals surface area contributed by atoms with Gasteiger partial charge in [-0.25, -0.2) is 8.78 Å². The zero-order valence-electron chi connectivity index (χ0n) is 8.56. The number of hydrogen-bond donors (Lipinski definition) is 1. The van der Waals surface area contributed by atoms with Crippen molar-refractivity contribution < 1.29 is 8.78 Å². The normalized spacial score (nSPS) is 12.8. The third-order valence-electron chi connectivity index (χ3n) is 2.20. The van der Waals surface area contributed by atoms with E-state index >= 15 is 0 Å². The Balaban J connectivity index is 2.50. The maximum Gasteiger partial charge on any atom is 0.130 e. The molecule has 1 aromatic rings. The van der Waals surface area contributed by atoms with E-state index in [0.29, 0.717) is 18.2 Å². The van der Waals surface area contributed by atoms with Gasteiger partial charge in [0.1, 0.15) is 11.6 Å². The van der Waals surface area contributed by atoms with Gasteiger partial charge >= 0.3 is 0 Å². The standard InChI is InChI=1S/C11H14BrF2N/c1-8(4-5-12)15-7-9-2-3-10(13)6-11(9)14/h2-3,6,8,15H,4-5,7H2,1H3. The Bertz CT molecular complexity index is 317. The van der Waals surface area contributed by atoms with Gasteiger partial charge < -0.3 is 5.32 Å². The van der Waals surface area contributed by atoms with Crippen molar-refractivity contribution in [2.24, 2.45) is 0 Å². The molecule has 1 N–H and O–H groups in total.